The molecule has 3 aromatic rings. The second-order valence-electron chi connectivity index (χ2n) is 9.21. The number of benzene rings is 2. The molecule has 5 rings (SSSR count). The molecule has 1 saturated heterocycles. The number of hydrogen-bond donors (Lipinski definition) is 2. The van der Waals surface area contributed by atoms with Gasteiger partial charge in [-0.25, -0.2) is 17.9 Å². The minimum absolute atomic E-state index is 0.0372. The molecule has 0 radical (unpaired) electrons. The van der Waals surface area contributed by atoms with Gasteiger partial charge in [0.25, 0.3) is 0 Å². The molecule has 8 nitrogen and oxygen atoms in total. The van der Waals surface area contributed by atoms with Crippen LogP contribution in [0.3, 0.4) is 0 Å². The van der Waals surface area contributed by atoms with Crippen molar-refractivity contribution in [3.63, 3.8) is 0 Å². The van der Waals surface area contributed by atoms with Crippen molar-refractivity contribution in [1.29, 1.82) is 0 Å². The van der Waals surface area contributed by atoms with E-state index < -0.39 is 10.0 Å². The number of carbonyl (C=O) groups is 1. The molecule has 0 atom stereocenters. The Kier molecular flexibility index (Phi) is 6.31. The molecule has 9 heteroatoms. The predicted molar refractivity (Wildman–Crippen MR) is 130 cm³/mol. The van der Waals surface area contributed by atoms with E-state index in [1.807, 2.05) is 30.3 Å². The minimum Gasteiger partial charge on any atom is -0.343 e. The van der Waals surface area contributed by atoms with Crippen LogP contribution in [0, 0.1) is 0 Å². The molecule has 1 aromatic heterocycles. The number of sulfonamides is 1. The van der Waals surface area contributed by atoms with Crippen LogP contribution in [0.5, 0.6) is 0 Å². The van der Waals surface area contributed by atoms with Gasteiger partial charge in [-0.3, -0.25) is 9.36 Å². The topological polar surface area (TPSA) is 104 Å². The average Bonchev–Trinajstić information content (AvgIpc) is 3.19. The predicted octanol–water partition coefficient (Wildman–Crippen LogP) is 2.74. The third-order valence-electron chi connectivity index (χ3n) is 7.07. The lowest BCUT2D eigenvalue weighted by Crippen LogP contribution is -2.41. The van der Waals surface area contributed by atoms with Crippen molar-refractivity contribution in [2.24, 2.45) is 0 Å². The van der Waals surface area contributed by atoms with Gasteiger partial charge in [-0.05, 0) is 73.9 Å². The van der Waals surface area contributed by atoms with Crippen LogP contribution < -0.4 is 10.4 Å². The molecule has 0 unspecified atom stereocenters. The molecule has 0 spiro atoms. The number of para-hydroxylation sites is 2. The van der Waals surface area contributed by atoms with Gasteiger partial charge >= 0.3 is 5.69 Å². The zero-order valence-electron chi connectivity index (χ0n) is 19.1. The van der Waals surface area contributed by atoms with Crippen molar-refractivity contribution in [3.8, 4) is 0 Å². The van der Waals surface area contributed by atoms with E-state index in [1.165, 1.54) is 5.56 Å². The molecule has 0 saturated carbocycles. The molecule has 1 aliphatic heterocycles. The number of rotatable bonds is 6. The van der Waals surface area contributed by atoms with Crippen molar-refractivity contribution < 1.29 is 13.2 Å². The first-order valence-electron chi connectivity index (χ1n) is 12.0. The number of aryl methyl sites for hydroxylation is 2. The molecule has 34 heavy (non-hydrogen) atoms. The first-order valence-corrected chi connectivity index (χ1v) is 13.5. The normalized spacial score (nSPS) is 17.1. The number of hydrogen-bond acceptors (Lipinski definition) is 4. The third kappa shape index (κ3) is 4.54. The second kappa shape index (κ2) is 9.38. The Balaban J connectivity index is 1.15. The molecule has 2 aliphatic rings. The van der Waals surface area contributed by atoms with Gasteiger partial charge < -0.3 is 9.88 Å². The highest BCUT2D eigenvalue weighted by molar-refractivity contribution is 7.89. The summed E-state index contributed by atoms with van der Waals surface area (Å²) in [5, 5.41) is 0. The summed E-state index contributed by atoms with van der Waals surface area (Å²) in [7, 11) is -3.65. The Morgan fingerprint density at radius 1 is 1.03 bits per heavy atom. The maximum atomic E-state index is 12.7. The van der Waals surface area contributed by atoms with Crippen LogP contribution in [0.25, 0.3) is 11.0 Å². The van der Waals surface area contributed by atoms with E-state index in [1.54, 1.807) is 21.6 Å². The van der Waals surface area contributed by atoms with Crippen LogP contribution >= 0.6 is 0 Å². The molecular formula is C25H30N4O4S. The number of carbonyl (C=O) groups excluding carboxylic acids is 1. The molecule has 2 aromatic carbocycles. The fourth-order valence-electron chi connectivity index (χ4n) is 5.22. The Hall–Kier alpha value is -2.91. The number of amides is 1. The zero-order valence-corrected chi connectivity index (χ0v) is 19.9. The Morgan fingerprint density at radius 2 is 1.76 bits per heavy atom. The first-order chi connectivity index (χ1) is 16.4. The summed E-state index contributed by atoms with van der Waals surface area (Å²) >= 11 is 0. The summed E-state index contributed by atoms with van der Waals surface area (Å²) in [6.07, 6.45) is 5.64. The van der Waals surface area contributed by atoms with E-state index in [0.717, 1.165) is 42.3 Å². The summed E-state index contributed by atoms with van der Waals surface area (Å²) in [6.45, 7) is 1.17. The average molecular weight is 483 g/mol. The molecule has 2 N–H and O–H groups in total. The van der Waals surface area contributed by atoms with Crippen molar-refractivity contribution in [3.05, 3.63) is 64.1 Å². The summed E-state index contributed by atoms with van der Waals surface area (Å²) in [5.41, 5.74) is 3.93. The summed E-state index contributed by atoms with van der Waals surface area (Å²) < 4.78 is 29.8. The lowest BCUT2D eigenvalue weighted by atomic mass is 9.92. The van der Waals surface area contributed by atoms with Crippen LogP contribution in [-0.4, -0.2) is 48.4 Å². The lowest BCUT2D eigenvalue weighted by Gasteiger charge is -2.32. The highest BCUT2D eigenvalue weighted by Crippen LogP contribution is 2.26. The van der Waals surface area contributed by atoms with Gasteiger partial charge in [-0.2, -0.15) is 0 Å². The van der Waals surface area contributed by atoms with Gasteiger partial charge in [0, 0.05) is 32.1 Å². The van der Waals surface area contributed by atoms with Gasteiger partial charge in [-0.15, -0.1) is 0 Å². The van der Waals surface area contributed by atoms with Gasteiger partial charge in [0.1, 0.15) is 0 Å². The van der Waals surface area contributed by atoms with Gasteiger partial charge in [-0.1, -0.05) is 18.2 Å². The summed E-state index contributed by atoms with van der Waals surface area (Å²) in [5.74, 6) is -0.0714. The van der Waals surface area contributed by atoms with Crippen LogP contribution in [0.4, 0.5) is 0 Å². The van der Waals surface area contributed by atoms with E-state index in [2.05, 4.69) is 9.71 Å². The number of aromatic amines is 1. The minimum atomic E-state index is -3.65. The van der Waals surface area contributed by atoms with E-state index in [4.69, 9.17) is 0 Å². The highest BCUT2D eigenvalue weighted by Gasteiger charge is 2.26. The number of aromatic nitrogens is 2. The fraction of sp³-hybridized carbons (Fsp3) is 0.440. The third-order valence-corrected chi connectivity index (χ3v) is 8.53. The molecule has 1 amide bonds. The second-order valence-corrected chi connectivity index (χ2v) is 11.0. The monoisotopic (exact) mass is 482 g/mol. The summed E-state index contributed by atoms with van der Waals surface area (Å²) in [4.78, 5) is 30.1. The van der Waals surface area contributed by atoms with E-state index >= 15 is 0 Å². The maximum Gasteiger partial charge on any atom is 0.326 e. The smallest absolute Gasteiger partial charge is 0.326 e. The molecule has 0 bridgehead atoms. The molecule has 2 heterocycles. The number of nitrogens with zero attached hydrogens (tertiary/aromatic N) is 2. The van der Waals surface area contributed by atoms with Crippen LogP contribution in [-0.2, 0) is 27.7 Å². The quantitative estimate of drug-likeness (QED) is 0.564. The zero-order chi connectivity index (χ0) is 23.7. The highest BCUT2D eigenvalue weighted by atomic mass is 32.2. The molecule has 1 aliphatic carbocycles. The standard InChI is InChI=1S/C25H30N4O4S/c30-24(11-14-26-34(32,33)21-10-9-18-5-1-2-6-19(18)17-21)28-15-12-20(13-16-28)29-23-8-4-3-7-22(23)27-25(29)31/h3-4,7-10,17,20,26H,1-2,5-6,11-16H2,(H,27,31). The number of H-pyrrole nitrogens is 1. The van der Waals surface area contributed by atoms with Gasteiger partial charge in [0.15, 0.2) is 0 Å². The Morgan fingerprint density at radius 3 is 2.56 bits per heavy atom. The van der Waals surface area contributed by atoms with Crippen molar-refractivity contribution in [1.82, 2.24) is 19.2 Å². The molecule has 180 valence electrons. The van der Waals surface area contributed by atoms with Crippen LogP contribution in [0.15, 0.2) is 52.2 Å². The SMILES string of the molecule is O=C(CCNS(=O)(=O)c1ccc2c(c1)CCCC2)N1CCC(n2c(=O)[nH]c3ccccc32)CC1. The van der Waals surface area contributed by atoms with Gasteiger partial charge in [0.05, 0.1) is 15.9 Å². The number of imidazole rings is 1. The van der Waals surface area contributed by atoms with E-state index in [9.17, 15) is 18.0 Å². The van der Waals surface area contributed by atoms with Crippen molar-refractivity contribution in [2.45, 2.75) is 55.9 Å². The van der Waals surface area contributed by atoms with Crippen molar-refractivity contribution in [2.75, 3.05) is 19.6 Å². The Bertz CT molecular complexity index is 1370. The van der Waals surface area contributed by atoms with Crippen LogP contribution in [0.1, 0.15) is 49.3 Å². The molecule has 1 fully saturated rings. The fourth-order valence-corrected chi connectivity index (χ4v) is 6.30. The van der Waals surface area contributed by atoms with E-state index in [-0.39, 0.29) is 35.5 Å². The number of likely N-dealkylation sites (tertiary alicyclic amines) is 1. The van der Waals surface area contributed by atoms with E-state index in [0.29, 0.717) is 25.9 Å². The largest absolute Gasteiger partial charge is 0.343 e. The Labute approximate surface area is 199 Å². The number of piperidine rings is 1. The number of nitrogens with one attached hydrogen (secondary N) is 2. The first kappa shape index (κ1) is 22.9. The van der Waals surface area contributed by atoms with Gasteiger partial charge in [0.2, 0.25) is 15.9 Å². The van der Waals surface area contributed by atoms with Crippen molar-refractivity contribution >= 4 is 27.0 Å². The maximum absolute atomic E-state index is 12.7. The number of fused-ring (bicyclic) bond motifs is 2. The summed E-state index contributed by atoms with van der Waals surface area (Å²) in [6, 6.07) is 13.0. The van der Waals surface area contributed by atoms with Crippen LogP contribution in [0.2, 0.25) is 0 Å². The lowest BCUT2D eigenvalue weighted by molar-refractivity contribution is -0.132. The molecular weight excluding hydrogens is 452 g/mol.